The number of hydrogen-bond acceptors (Lipinski definition) is 7. The Bertz CT molecular complexity index is 1350. The van der Waals surface area contributed by atoms with Crippen LogP contribution in [0.4, 0.5) is 5.82 Å². The molecule has 4 fully saturated rings. The monoisotopic (exact) mass is 604 g/mol. The summed E-state index contributed by atoms with van der Waals surface area (Å²) in [6.45, 7) is 16.6. The number of piperidine rings is 2. The summed E-state index contributed by atoms with van der Waals surface area (Å²) in [6, 6.07) is 11.0. The standard InChI is InChI=1S/C34H45ClN6O2/c1-32(2)30(33(3,4)31(32)43-26-7-5-24(18-36)27(35)17-26)39-29(42)25-6-8-28(38-19-25)41-13-9-23(10-14-41)20-40-15-11-34(12-16-40)21-37-22-34/h5-8,17,19,23,30-31,37H,9-16,20-22H2,1-4H3,(H,39,42). The molecule has 2 aromatic rings. The molecule has 1 spiro atoms. The highest BCUT2D eigenvalue weighted by molar-refractivity contribution is 6.31. The van der Waals surface area contributed by atoms with Crippen LogP contribution in [0.2, 0.25) is 5.02 Å². The van der Waals surface area contributed by atoms with Crippen LogP contribution in [0.5, 0.6) is 5.75 Å². The number of aromatic nitrogens is 1. The Kier molecular flexibility index (Phi) is 8.12. The Morgan fingerprint density at radius 1 is 1.09 bits per heavy atom. The number of halogens is 1. The van der Waals surface area contributed by atoms with Crippen molar-refractivity contribution in [2.24, 2.45) is 22.2 Å². The van der Waals surface area contributed by atoms with E-state index in [1.807, 2.05) is 12.1 Å². The summed E-state index contributed by atoms with van der Waals surface area (Å²) < 4.78 is 6.36. The van der Waals surface area contributed by atoms with Crippen LogP contribution in [-0.4, -0.2) is 73.8 Å². The second-order valence-corrected chi connectivity index (χ2v) is 14.9. The number of rotatable bonds is 7. The van der Waals surface area contributed by atoms with E-state index < -0.39 is 0 Å². The van der Waals surface area contributed by atoms with Crippen molar-refractivity contribution in [1.29, 1.82) is 5.26 Å². The molecule has 4 heterocycles. The minimum atomic E-state index is -0.318. The fourth-order valence-corrected chi connectivity index (χ4v) is 8.48. The first-order valence-corrected chi connectivity index (χ1v) is 16.2. The average Bonchev–Trinajstić information content (AvgIpc) is 2.98. The first-order valence-electron chi connectivity index (χ1n) is 15.8. The van der Waals surface area contributed by atoms with Crippen LogP contribution in [0.15, 0.2) is 36.5 Å². The highest BCUT2D eigenvalue weighted by atomic mass is 35.5. The second kappa shape index (κ2) is 11.6. The average molecular weight is 605 g/mol. The van der Waals surface area contributed by atoms with Crippen LogP contribution in [0.1, 0.15) is 69.3 Å². The topological polar surface area (TPSA) is 93.5 Å². The number of carbonyl (C=O) groups is 1. The number of likely N-dealkylation sites (tertiary alicyclic amines) is 1. The first kappa shape index (κ1) is 30.2. The summed E-state index contributed by atoms with van der Waals surface area (Å²) in [7, 11) is 0. The van der Waals surface area contributed by atoms with Crippen LogP contribution >= 0.6 is 11.6 Å². The second-order valence-electron chi connectivity index (χ2n) is 14.5. The number of nitrogens with one attached hydrogen (secondary N) is 2. The number of benzene rings is 1. The minimum absolute atomic E-state index is 0.0964. The van der Waals surface area contributed by atoms with Crippen LogP contribution in [-0.2, 0) is 0 Å². The smallest absolute Gasteiger partial charge is 0.253 e. The molecule has 43 heavy (non-hydrogen) atoms. The number of pyridine rings is 1. The maximum Gasteiger partial charge on any atom is 0.253 e. The summed E-state index contributed by atoms with van der Waals surface area (Å²) >= 11 is 6.23. The molecule has 2 N–H and O–H groups in total. The molecule has 1 aromatic heterocycles. The summed E-state index contributed by atoms with van der Waals surface area (Å²) in [4.78, 5) is 23.1. The van der Waals surface area contributed by atoms with Crippen molar-refractivity contribution in [3.63, 3.8) is 0 Å². The molecule has 6 rings (SSSR count). The molecule has 4 aliphatic rings. The Labute approximate surface area is 261 Å². The number of anilines is 1. The van der Waals surface area contributed by atoms with Gasteiger partial charge >= 0.3 is 0 Å². The van der Waals surface area contributed by atoms with Crippen LogP contribution < -0.4 is 20.3 Å². The molecule has 1 saturated carbocycles. The van der Waals surface area contributed by atoms with Gasteiger partial charge in [0.05, 0.1) is 16.1 Å². The highest BCUT2D eigenvalue weighted by Gasteiger charge is 2.64. The van der Waals surface area contributed by atoms with E-state index in [0.29, 0.717) is 27.3 Å². The number of carbonyl (C=O) groups excluding carboxylic acids is 1. The van der Waals surface area contributed by atoms with Gasteiger partial charge in [-0.2, -0.15) is 5.26 Å². The molecule has 3 aliphatic heterocycles. The Morgan fingerprint density at radius 2 is 1.79 bits per heavy atom. The summed E-state index contributed by atoms with van der Waals surface area (Å²) in [6.07, 6.45) is 6.64. The molecule has 1 aromatic carbocycles. The fourth-order valence-electron chi connectivity index (χ4n) is 8.27. The van der Waals surface area contributed by atoms with Crippen molar-refractivity contribution in [2.45, 2.75) is 65.5 Å². The van der Waals surface area contributed by atoms with E-state index in [1.165, 1.54) is 58.4 Å². The summed E-state index contributed by atoms with van der Waals surface area (Å²) in [5, 5.41) is 16.3. The SMILES string of the molecule is CC1(C)C(NC(=O)c2ccc(N3CCC(CN4CCC5(CC4)CNC5)CC3)nc2)C(C)(C)C1Oc1ccc(C#N)c(Cl)c1. The van der Waals surface area contributed by atoms with Gasteiger partial charge in [-0.3, -0.25) is 4.79 Å². The number of amides is 1. The Morgan fingerprint density at radius 3 is 2.35 bits per heavy atom. The normalized spacial score (nSPS) is 26.2. The lowest BCUT2D eigenvalue weighted by Crippen LogP contribution is -2.74. The van der Waals surface area contributed by atoms with Crippen molar-refractivity contribution >= 4 is 23.3 Å². The molecule has 8 nitrogen and oxygen atoms in total. The summed E-state index contributed by atoms with van der Waals surface area (Å²) in [5.41, 5.74) is 0.960. The Hall–Kier alpha value is -2.86. The third-order valence-corrected chi connectivity index (χ3v) is 11.1. The van der Waals surface area contributed by atoms with Gasteiger partial charge in [-0.1, -0.05) is 39.3 Å². The quantitative estimate of drug-likeness (QED) is 0.453. The molecule has 0 radical (unpaired) electrons. The largest absolute Gasteiger partial charge is 0.489 e. The number of nitrogens with zero attached hydrogens (tertiary/aromatic N) is 4. The predicted molar refractivity (Wildman–Crippen MR) is 170 cm³/mol. The third-order valence-electron chi connectivity index (χ3n) is 10.8. The van der Waals surface area contributed by atoms with Gasteiger partial charge in [-0.05, 0) is 74.4 Å². The van der Waals surface area contributed by atoms with Gasteiger partial charge < -0.3 is 25.2 Å². The molecular formula is C34H45ClN6O2. The van der Waals surface area contributed by atoms with E-state index in [2.05, 4.69) is 54.2 Å². The van der Waals surface area contributed by atoms with Gasteiger partial charge in [0.25, 0.3) is 5.91 Å². The van der Waals surface area contributed by atoms with Gasteiger partial charge in [-0.25, -0.2) is 4.98 Å². The predicted octanol–water partition coefficient (Wildman–Crippen LogP) is 5.12. The van der Waals surface area contributed by atoms with Gasteiger partial charge in [-0.15, -0.1) is 0 Å². The van der Waals surface area contributed by atoms with Crippen molar-refractivity contribution in [3.8, 4) is 11.8 Å². The lowest BCUT2D eigenvalue weighted by atomic mass is 9.49. The lowest BCUT2D eigenvalue weighted by molar-refractivity contribution is -0.164. The van der Waals surface area contributed by atoms with Crippen molar-refractivity contribution in [2.75, 3.05) is 50.7 Å². The van der Waals surface area contributed by atoms with E-state index in [-0.39, 0.29) is 28.9 Å². The molecule has 3 saturated heterocycles. The first-order chi connectivity index (χ1) is 20.5. The van der Waals surface area contributed by atoms with E-state index in [4.69, 9.17) is 26.6 Å². The van der Waals surface area contributed by atoms with Crippen LogP contribution in [0, 0.1) is 33.5 Å². The number of ether oxygens (including phenoxy) is 1. The molecule has 0 bridgehead atoms. The summed E-state index contributed by atoms with van der Waals surface area (Å²) in [5.74, 6) is 2.21. The van der Waals surface area contributed by atoms with E-state index in [9.17, 15) is 4.79 Å². The molecule has 230 valence electrons. The minimum Gasteiger partial charge on any atom is -0.489 e. The third kappa shape index (κ3) is 5.84. The lowest BCUT2D eigenvalue weighted by Gasteiger charge is -2.63. The van der Waals surface area contributed by atoms with E-state index >= 15 is 0 Å². The molecule has 1 amide bonds. The maximum atomic E-state index is 13.3. The van der Waals surface area contributed by atoms with Crippen LogP contribution in [0.3, 0.4) is 0 Å². The van der Waals surface area contributed by atoms with Crippen molar-refractivity contribution in [1.82, 2.24) is 20.5 Å². The molecule has 1 aliphatic carbocycles. The molecule has 0 unspecified atom stereocenters. The zero-order chi connectivity index (χ0) is 30.4. The molecule has 9 heteroatoms. The van der Waals surface area contributed by atoms with Crippen molar-refractivity contribution < 1.29 is 9.53 Å². The maximum absolute atomic E-state index is 13.3. The van der Waals surface area contributed by atoms with Crippen LogP contribution in [0.25, 0.3) is 0 Å². The Balaban J connectivity index is 0.994. The van der Waals surface area contributed by atoms with E-state index in [0.717, 1.165) is 24.8 Å². The highest BCUT2D eigenvalue weighted by Crippen LogP contribution is 2.55. The fraction of sp³-hybridized carbons (Fsp3) is 0.618. The number of hydrogen-bond donors (Lipinski definition) is 2. The zero-order valence-electron chi connectivity index (χ0n) is 26.0. The van der Waals surface area contributed by atoms with E-state index in [1.54, 1.807) is 24.4 Å². The zero-order valence-corrected chi connectivity index (χ0v) is 26.7. The van der Waals surface area contributed by atoms with Gasteiger partial charge in [0, 0.05) is 61.9 Å². The molecule has 0 atom stereocenters. The van der Waals surface area contributed by atoms with Gasteiger partial charge in [0.15, 0.2) is 0 Å². The number of nitriles is 1. The molecular weight excluding hydrogens is 560 g/mol. The van der Waals surface area contributed by atoms with Gasteiger partial charge in [0.2, 0.25) is 0 Å². The van der Waals surface area contributed by atoms with Crippen molar-refractivity contribution in [3.05, 3.63) is 52.7 Å². The van der Waals surface area contributed by atoms with Gasteiger partial charge in [0.1, 0.15) is 23.7 Å².